The molecule has 2 unspecified atom stereocenters. The third kappa shape index (κ3) is 2.56. The van der Waals surface area contributed by atoms with Crippen LogP contribution >= 0.6 is 0 Å². The van der Waals surface area contributed by atoms with Crippen LogP contribution in [0.3, 0.4) is 0 Å². The van der Waals surface area contributed by atoms with Gasteiger partial charge in [-0.1, -0.05) is 6.08 Å². The van der Waals surface area contributed by atoms with Crippen molar-refractivity contribution in [2.45, 2.75) is 32.4 Å². The van der Waals surface area contributed by atoms with Crippen LogP contribution in [0.15, 0.2) is 12.7 Å². The van der Waals surface area contributed by atoms with Gasteiger partial charge in [0.1, 0.15) is 0 Å². The van der Waals surface area contributed by atoms with E-state index in [1.165, 1.54) is 0 Å². The van der Waals surface area contributed by atoms with Crippen molar-refractivity contribution in [3.63, 3.8) is 0 Å². The zero-order valence-electron chi connectivity index (χ0n) is 8.42. The molecule has 1 N–H and O–H groups in total. The molecule has 1 amide bonds. The molecule has 0 radical (unpaired) electrons. The molecule has 1 saturated heterocycles. The van der Waals surface area contributed by atoms with E-state index in [4.69, 9.17) is 0 Å². The Bertz CT molecular complexity index is 203. The Balaban J connectivity index is 2.63. The molecule has 1 aliphatic heterocycles. The zero-order valence-corrected chi connectivity index (χ0v) is 8.42. The summed E-state index contributed by atoms with van der Waals surface area (Å²) in [6, 6.07) is 0.367. The Labute approximate surface area is 79.8 Å². The van der Waals surface area contributed by atoms with Crippen molar-refractivity contribution in [3.8, 4) is 0 Å². The van der Waals surface area contributed by atoms with Crippen LogP contribution in [0.2, 0.25) is 0 Å². The minimum Gasteiger partial charge on any atom is -0.338 e. The van der Waals surface area contributed by atoms with Crippen LogP contribution in [0.25, 0.3) is 0 Å². The van der Waals surface area contributed by atoms with Crippen molar-refractivity contribution in [1.29, 1.82) is 0 Å². The molecule has 0 aromatic rings. The van der Waals surface area contributed by atoms with Crippen molar-refractivity contribution in [2.24, 2.45) is 0 Å². The Morgan fingerprint density at radius 2 is 2.38 bits per heavy atom. The Hall–Kier alpha value is -0.830. The topological polar surface area (TPSA) is 32.3 Å². The third-order valence-corrected chi connectivity index (χ3v) is 2.40. The van der Waals surface area contributed by atoms with E-state index in [1.54, 1.807) is 6.08 Å². The number of nitrogens with zero attached hydrogens (tertiary/aromatic N) is 1. The molecule has 3 nitrogen and oxygen atoms in total. The van der Waals surface area contributed by atoms with Crippen LogP contribution < -0.4 is 5.32 Å². The van der Waals surface area contributed by atoms with Gasteiger partial charge in [0.15, 0.2) is 0 Å². The van der Waals surface area contributed by atoms with Crippen LogP contribution in [-0.2, 0) is 4.79 Å². The summed E-state index contributed by atoms with van der Waals surface area (Å²) < 4.78 is 0. The highest BCUT2D eigenvalue weighted by atomic mass is 16.2. The molecular formula is C10H18N2O. The molecule has 0 aromatic heterocycles. The first-order valence-corrected chi connectivity index (χ1v) is 4.81. The first kappa shape index (κ1) is 10.3. The molecular weight excluding hydrogens is 164 g/mol. The van der Waals surface area contributed by atoms with Gasteiger partial charge in [-0.25, -0.2) is 0 Å². The maximum absolute atomic E-state index is 11.7. The summed E-state index contributed by atoms with van der Waals surface area (Å²) in [5.74, 6) is 0.184. The molecule has 0 spiro atoms. The van der Waals surface area contributed by atoms with Gasteiger partial charge in [-0.2, -0.15) is 0 Å². The average Bonchev–Trinajstić information content (AvgIpc) is 2.19. The normalized spacial score (nSPS) is 30.0. The Kier molecular flexibility index (Phi) is 3.48. The van der Waals surface area contributed by atoms with Gasteiger partial charge < -0.3 is 10.2 Å². The van der Waals surface area contributed by atoms with Gasteiger partial charge in [0.05, 0.1) is 6.04 Å². The van der Waals surface area contributed by atoms with Crippen LogP contribution in [0.1, 0.15) is 20.3 Å². The highest BCUT2D eigenvalue weighted by molar-refractivity contribution is 5.81. The fourth-order valence-corrected chi connectivity index (χ4v) is 1.65. The molecule has 1 fully saturated rings. The summed E-state index contributed by atoms with van der Waals surface area (Å²) in [5, 5.41) is 3.25. The molecule has 74 valence electrons. The molecule has 1 rings (SSSR count). The zero-order chi connectivity index (χ0) is 9.84. The Morgan fingerprint density at radius 1 is 1.69 bits per heavy atom. The lowest BCUT2D eigenvalue weighted by molar-refractivity contribution is -0.131. The molecule has 0 saturated carbocycles. The molecule has 0 bridgehead atoms. The first-order valence-electron chi connectivity index (χ1n) is 4.81. The van der Waals surface area contributed by atoms with Crippen molar-refractivity contribution >= 4 is 5.91 Å². The van der Waals surface area contributed by atoms with Gasteiger partial charge in [0.25, 0.3) is 0 Å². The molecule has 3 heteroatoms. The van der Waals surface area contributed by atoms with E-state index in [9.17, 15) is 4.79 Å². The van der Waals surface area contributed by atoms with E-state index in [0.717, 1.165) is 13.0 Å². The minimum absolute atomic E-state index is 0.0579. The SMILES string of the molecule is C=CCN1CCC(C)NC(C)C1=O. The fraction of sp³-hybridized carbons (Fsp3) is 0.700. The van der Waals surface area contributed by atoms with Crippen molar-refractivity contribution < 1.29 is 4.79 Å². The standard InChI is InChI=1S/C10H18N2O/c1-4-6-12-7-5-8(2)11-9(3)10(12)13/h4,8-9,11H,1,5-7H2,2-3H3. The van der Waals surface area contributed by atoms with Gasteiger partial charge in [-0.3, -0.25) is 4.79 Å². The van der Waals surface area contributed by atoms with Crippen LogP contribution in [0.5, 0.6) is 0 Å². The lowest BCUT2D eigenvalue weighted by atomic mass is 10.2. The van der Waals surface area contributed by atoms with Gasteiger partial charge in [-0.15, -0.1) is 6.58 Å². The number of carbonyl (C=O) groups is 1. The van der Waals surface area contributed by atoms with Crippen molar-refractivity contribution in [3.05, 3.63) is 12.7 Å². The van der Waals surface area contributed by atoms with E-state index < -0.39 is 0 Å². The van der Waals surface area contributed by atoms with Crippen LogP contribution in [0.4, 0.5) is 0 Å². The monoisotopic (exact) mass is 182 g/mol. The number of nitrogens with one attached hydrogen (secondary N) is 1. The van der Waals surface area contributed by atoms with Gasteiger partial charge in [0.2, 0.25) is 5.91 Å². The highest BCUT2D eigenvalue weighted by Gasteiger charge is 2.24. The molecule has 1 aliphatic rings. The number of hydrogen-bond acceptors (Lipinski definition) is 2. The largest absolute Gasteiger partial charge is 0.338 e. The predicted molar refractivity (Wildman–Crippen MR) is 53.5 cm³/mol. The molecule has 0 aliphatic carbocycles. The number of amides is 1. The summed E-state index contributed by atoms with van der Waals surface area (Å²) in [4.78, 5) is 13.6. The maximum atomic E-state index is 11.7. The molecule has 13 heavy (non-hydrogen) atoms. The lowest BCUT2D eigenvalue weighted by Crippen LogP contribution is -2.43. The predicted octanol–water partition coefficient (Wildman–Crippen LogP) is 0.771. The van der Waals surface area contributed by atoms with Crippen LogP contribution in [-0.4, -0.2) is 36.0 Å². The number of rotatable bonds is 2. The molecule has 1 heterocycles. The summed E-state index contributed by atoms with van der Waals surface area (Å²) in [6.45, 7) is 9.18. The van der Waals surface area contributed by atoms with Gasteiger partial charge in [-0.05, 0) is 20.3 Å². The average molecular weight is 182 g/mol. The number of carbonyl (C=O) groups excluding carboxylic acids is 1. The minimum atomic E-state index is -0.0579. The van der Waals surface area contributed by atoms with Crippen molar-refractivity contribution in [1.82, 2.24) is 10.2 Å². The smallest absolute Gasteiger partial charge is 0.239 e. The second-order valence-electron chi connectivity index (χ2n) is 3.65. The quantitative estimate of drug-likeness (QED) is 0.640. The first-order chi connectivity index (χ1) is 6.15. The number of hydrogen-bond donors (Lipinski definition) is 1. The second kappa shape index (κ2) is 4.42. The van der Waals surface area contributed by atoms with Crippen molar-refractivity contribution in [2.75, 3.05) is 13.1 Å². The third-order valence-electron chi connectivity index (χ3n) is 2.40. The Morgan fingerprint density at radius 3 is 3.00 bits per heavy atom. The van der Waals surface area contributed by atoms with E-state index >= 15 is 0 Å². The fourth-order valence-electron chi connectivity index (χ4n) is 1.65. The van der Waals surface area contributed by atoms with E-state index in [-0.39, 0.29) is 11.9 Å². The van der Waals surface area contributed by atoms with Gasteiger partial charge in [0, 0.05) is 19.1 Å². The summed E-state index contributed by atoms with van der Waals surface area (Å²) in [5.41, 5.74) is 0. The highest BCUT2D eigenvalue weighted by Crippen LogP contribution is 2.06. The summed E-state index contributed by atoms with van der Waals surface area (Å²) in [6.07, 6.45) is 2.80. The summed E-state index contributed by atoms with van der Waals surface area (Å²) >= 11 is 0. The van der Waals surface area contributed by atoms with Gasteiger partial charge >= 0.3 is 0 Å². The summed E-state index contributed by atoms with van der Waals surface area (Å²) in [7, 11) is 0. The van der Waals surface area contributed by atoms with E-state index in [2.05, 4.69) is 18.8 Å². The maximum Gasteiger partial charge on any atom is 0.239 e. The van der Waals surface area contributed by atoms with E-state index in [1.807, 2.05) is 11.8 Å². The van der Waals surface area contributed by atoms with Crippen LogP contribution in [0, 0.1) is 0 Å². The molecule has 2 atom stereocenters. The molecule has 0 aromatic carbocycles. The second-order valence-corrected chi connectivity index (χ2v) is 3.65. The lowest BCUT2D eigenvalue weighted by Gasteiger charge is -2.20. The van der Waals surface area contributed by atoms with E-state index in [0.29, 0.717) is 12.6 Å².